The molecule has 10 aliphatic rings. The molecule has 15 heterocycles. The number of nitrogens with one attached hydrogen (secondary N) is 6. The molecule has 9 aliphatic heterocycles. The lowest BCUT2D eigenvalue weighted by atomic mass is 9.91. The normalized spacial score (nSPS) is 21.7. The summed E-state index contributed by atoms with van der Waals surface area (Å²) in [5.41, 5.74) is 15.6. The monoisotopic (exact) mass is 2070 g/mol. The molecule has 36 nitrogen and oxygen atoms in total. The van der Waals surface area contributed by atoms with Crippen LogP contribution >= 0.6 is 24.0 Å². The third-order valence-electron chi connectivity index (χ3n) is 28.1. The van der Waals surface area contributed by atoms with Crippen LogP contribution in [0.2, 0.25) is 5.15 Å². The molecule has 144 heavy (non-hydrogen) atoms. The molecule has 41 heteroatoms. The number of pyridine rings is 1. The van der Waals surface area contributed by atoms with Crippen molar-refractivity contribution in [1.29, 1.82) is 0 Å². The molecule has 10 unspecified atom stereocenters. The number of rotatable bonds is 11. The number of benzene rings is 5. The van der Waals surface area contributed by atoms with E-state index < -0.39 is 65.7 Å². The van der Waals surface area contributed by atoms with Crippen LogP contribution in [0.5, 0.6) is 0 Å². The second kappa shape index (κ2) is 44.7. The Morgan fingerprint density at radius 3 is 1.25 bits per heavy atom. The van der Waals surface area contributed by atoms with Crippen LogP contribution in [0.1, 0.15) is 169 Å². The topological polar surface area (TPSA) is 409 Å². The molecule has 1 saturated carbocycles. The number of ether oxygens (including phenoxy) is 3. The number of halogens is 2. The number of aromatic nitrogens is 11. The number of hydrogen-bond acceptors (Lipinski definition) is 30. The van der Waals surface area contributed by atoms with Crippen LogP contribution in [0, 0.1) is 98.8 Å². The van der Waals surface area contributed by atoms with E-state index >= 15 is 0 Å². The van der Waals surface area contributed by atoms with Gasteiger partial charge < -0.3 is 54.7 Å². The van der Waals surface area contributed by atoms with Gasteiger partial charge in [-0.05, 0) is 335 Å². The minimum absolute atomic E-state index is 0. The number of aryl methyl sites for hydroxylation is 10. The summed E-state index contributed by atoms with van der Waals surface area (Å²) in [7, 11) is -8.31. The van der Waals surface area contributed by atoms with E-state index in [2.05, 4.69) is 208 Å². The van der Waals surface area contributed by atoms with Crippen LogP contribution in [0.25, 0.3) is 54.5 Å². The zero-order valence-electron chi connectivity index (χ0n) is 86.6. The van der Waals surface area contributed by atoms with Crippen LogP contribution in [0.3, 0.4) is 0 Å². The van der Waals surface area contributed by atoms with Gasteiger partial charge in [-0.3, -0.25) is 0 Å². The Hall–Kier alpha value is -11.0. The van der Waals surface area contributed by atoms with Crippen molar-refractivity contribution in [1.82, 2.24) is 88.6 Å². The number of nitrogens with zero attached hydrogens (tertiary/aromatic N) is 18. The Kier molecular flexibility index (Phi) is 33.8. The van der Waals surface area contributed by atoms with Gasteiger partial charge >= 0.3 is 48.9 Å². The smallest absolute Gasteiger partial charge is 0.443 e. The second-order valence-electron chi connectivity index (χ2n) is 43.1. The minimum Gasteiger partial charge on any atom is -0.443 e. The summed E-state index contributed by atoms with van der Waals surface area (Å²) in [6.45, 7) is 46.9. The van der Waals surface area contributed by atoms with Gasteiger partial charge in [0, 0.05) is 161 Å². The zero-order valence-corrected chi connectivity index (χ0v) is 90.6. The minimum atomic E-state index is -4.00. The van der Waals surface area contributed by atoms with Crippen molar-refractivity contribution < 1.29 is 57.8 Å². The number of carbonyl (C=O) groups is 3. The summed E-state index contributed by atoms with van der Waals surface area (Å²) in [6.07, 6.45) is 17.9. The lowest BCUT2D eigenvalue weighted by Gasteiger charge is -2.34. The Morgan fingerprint density at radius 1 is 0.396 bits per heavy atom. The standard InChI is InChI=1S/2C21H29N5O4S.2C16H20N4.C12H19N3O4S.C10H9ClN2.C7H13N.ClH/c1-13-6-17-18(7-14(13)2)22-12-23-19(17)26-10-15-8-16(26)11-25(9-15)31(28,29)24-20(27)30-21(3,4)5;1-13-6-17-18(7-14(13)2)22-12-23-19(17)25-9-15-8-16(11-25)26(10-15)31(28,29)24-20(27)30-21(3,4)5;1-10-3-14-15(4-11(10)2)18-9-19-16(14)20-8-12-5-13(20)7-17-6-12;1-10-3-14-15(4-11(10)2)18-9-19-16(14)20-7-12-5-13(8-20)17-6-12;1-12(2,3)19-11(16)13-20(17,18)15-8-6-10(7-9-15)14(4)5;1-6-3-8-9(4-7(6)2)12-5-13-10(8)11;1-2-6-4-7(3-1)8-5-6;/h2*6-7,12,15-16H,8-11H2,1-5H3,(H,24,27);2*3-4,9,12-13,17H,5-8H2,1-2H3;6-9H,1-5H3;3-5H,1-2H3;6-8H,1-5H2;1H/p+1. The molecule has 776 valence electrons. The molecular weight excluding hydrogens is 1930 g/mol. The highest BCUT2D eigenvalue weighted by molar-refractivity contribution is 7.88. The molecule has 10 bridgehead atoms. The molecule has 9 saturated heterocycles. The van der Waals surface area contributed by atoms with Gasteiger partial charge in [0.25, 0.3) is 0 Å². The van der Waals surface area contributed by atoms with Gasteiger partial charge in [-0.15, -0.1) is 20.8 Å². The molecule has 3 amide bonds. The van der Waals surface area contributed by atoms with Crippen LogP contribution in [-0.2, 0) is 44.8 Å². The van der Waals surface area contributed by atoms with E-state index in [1.165, 1.54) is 128 Å². The van der Waals surface area contributed by atoms with Gasteiger partial charge in [-0.1, -0.05) is 22.0 Å². The van der Waals surface area contributed by atoms with Crippen molar-refractivity contribution in [3.05, 3.63) is 178 Å². The molecule has 0 radical (unpaired) electrons. The fraction of sp³-hybridized carbons (Fsp3) is 0.534. The summed E-state index contributed by atoms with van der Waals surface area (Å²) in [4.78, 5) is 90.7. The maximum atomic E-state index is 12.9. The zero-order chi connectivity index (χ0) is 103. The van der Waals surface area contributed by atoms with Gasteiger partial charge in [-0.2, -0.15) is 30.2 Å². The van der Waals surface area contributed by atoms with Crippen LogP contribution < -0.4 is 58.6 Å². The SMILES string of the molecule is C1CC2CNC(C1)C2.CN(C)c1cc[n+](S(=O)(=O)NC(=O)OC(C)(C)C)cc1.Cc1cc2ncnc(Cl)c2cc1C.Cc1cc2ncnc(N3CC4CC(C3)N(S(=O)(=O)NC(=O)OC(C)(C)C)C4)c2cc1C.Cc1cc2ncnc(N3CC4CC3CN(S(=O)(=O)NC(=O)OC(C)(C)C)C4)c2cc1C.Cc1cc2ncnc(N3CC4CNC(C4)C3)c2cc1C.Cc1cc2ncnc(N3CC4CNCC3C4)c2cc1C.Cl. The van der Waals surface area contributed by atoms with E-state index in [4.69, 9.17) is 25.8 Å². The largest absolute Gasteiger partial charge is 0.474 e. The van der Waals surface area contributed by atoms with Crippen LogP contribution in [0.15, 0.2) is 117 Å². The van der Waals surface area contributed by atoms with E-state index in [-0.39, 0.29) is 42.9 Å². The van der Waals surface area contributed by atoms with E-state index in [9.17, 15) is 39.6 Å². The van der Waals surface area contributed by atoms with Gasteiger partial charge in [-0.25, -0.2) is 73.7 Å². The molecule has 1 aliphatic carbocycles. The number of fused-ring (bicyclic) bond motifs is 15. The molecule has 11 aromatic rings. The molecular formula is C103H141Cl2N24O12S3+. The van der Waals surface area contributed by atoms with Gasteiger partial charge in [0.05, 0.1) is 27.6 Å². The first-order valence-electron chi connectivity index (χ1n) is 49.4. The molecule has 0 spiro atoms. The molecule has 5 aromatic carbocycles. The van der Waals surface area contributed by atoms with Crippen molar-refractivity contribution in [3.8, 4) is 0 Å². The third kappa shape index (κ3) is 26.9. The summed E-state index contributed by atoms with van der Waals surface area (Å²) in [6, 6.07) is 26.3. The molecule has 6 N–H and O–H groups in total. The fourth-order valence-corrected chi connectivity index (χ4v) is 24.0. The highest BCUT2D eigenvalue weighted by Gasteiger charge is 2.48. The van der Waals surface area contributed by atoms with Crippen molar-refractivity contribution in [2.24, 2.45) is 29.6 Å². The first kappa shape index (κ1) is 109. The van der Waals surface area contributed by atoms with Crippen molar-refractivity contribution in [2.45, 2.75) is 230 Å². The maximum Gasteiger partial charge on any atom is 0.474 e. The Balaban J connectivity index is 0.000000137. The van der Waals surface area contributed by atoms with Crippen LogP contribution in [-0.4, -0.2) is 248 Å². The quantitative estimate of drug-likeness (QED) is 0.0398. The highest BCUT2D eigenvalue weighted by Crippen LogP contribution is 2.42. The van der Waals surface area contributed by atoms with Gasteiger partial charge in [0.1, 0.15) is 76.9 Å². The van der Waals surface area contributed by atoms with E-state index in [1.54, 1.807) is 99.8 Å². The molecule has 10 fully saturated rings. The average Bonchev–Trinajstić information content (AvgIpc) is 1.62. The predicted molar refractivity (Wildman–Crippen MR) is 568 cm³/mol. The number of piperidine rings is 4. The third-order valence-corrected chi connectivity index (χ3v) is 32.5. The summed E-state index contributed by atoms with van der Waals surface area (Å²) in [5, 5.41) is 16.4. The Labute approximate surface area is 857 Å². The number of hydrogen-bond donors (Lipinski definition) is 6. The summed E-state index contributed by atoms with van der Waals surface area (Å²) in [5.74, 6) is 6.79. The Morgan fingerprint density at radius 2 is 0.778 bits per heavy atom. The molecule has 6 aromatic heterocycles. The summed E-state index contributed by atoms with van der Waals surface area (Å²) >= 11 is 5.93. The number of anilines is 5. The Bertz CT molecular complexity index is 6870. The molecule has 21 rings (SSSR count). The molecule has 10 atom stereocenters. The number of amides is 3. The van der Waals surface area contributed by atoms with E-state index in [0.717, 1.165) is 164 Å². The van der Waals surface area contributed by atoms with Crippen molar-refractivity contribution in [2.75, 3.05) is 124 Å². The lowest BCUT2D eigenvalue weighted by Crippen LogP contribution is -2.52. The highest BCUT2D eigenvalue weighted by atomic mass is 35.5. The van der Waals surface area contributed by atoms with Crippen molar-refractivity contribution >= 4 is 156 Å². The first-order chi connectivity index (χ1) is 67.4. The predicted octanol–water partition coefficient (Wildman–Crippen LogP) is 14.3. The van der Waals surface area contributed by atoms with Gasteiger partial charge in [0.15, 0.2) is 12.4 Å². The number of carbonyl (C=O) groups excluding carboxylic acids is 3. The first-order valence-corrected chi connectivity index (χ1v) is 54.1. The van der Waals surface area contributed by atoms with Crippen LogP contribution in [0.4, 0.5) is 43.3 Å². The maximum absolute atomic E-state index is 12.9. The lowest BCUT2D eigenvalue weighted by molar-refractivity contribution is -0.512. The van der Waals surface area contributed by atoms with Crippen molar-refractivity contribution in [3.63, 3.8) is 0 Å². The summed E-state index contributed by atoms with van der Waals surface area (Å²) < 4.78 is 100.0. The second-order valence-corrected chi connectivity index (χ2v) is 48.3. The van der Waals surface area contributed by atoms with E-state index in [0.29, 0.717) is 50.0 Å². The average molecular weight is 2070 g/mol. The van der Waals surface area contributed by atoms with E-state index in [1.807, 2.05) is 40.6 Å². The fourth-order valence-electron chi connectivity index (χ4n) is 20.5. The van der Waals surface area contributed by atoms with Gasteiger partial charge in [0.2, 0.25) is 0 Å².